The fourth-order valence-corrected chi connectivity index (χ4v) is 4.15. The van der Waals surface area contributed by atoms with Crippen molar-refractivity contribution in [2.24, 2.45) is 0 Å². The Labute approximate surface area is 171 Å². The van der Waals surface area contributed by atoms with E-state index in [1.807, 2.05) is 24.3 Å². The minimum Gasteiger partial charge on any atom is -0.493 e. The van der Waals surface area contributed by atoms with Crippen LogP contribution in [0.1, 0.15) is 6.42 Å². The lowest BCUT2D eigenvalue weighted by atomic mass is 10.2. The highest BCUT2D eigenvalue weighted by atomic mass is 32.1. The maximum Gasteiger partial charge on any atom is 0.321 e. The Balaban J connectivity index is 1.40. The molecule has 0 bridgehead atoms. The molecular formula is C20H20N4O4S. The molecule has 1 saturated heterocycles. The molecule has 2 N–H and O–H groups in total. The van der Waals surface area contributed by atoms with E-state index in [4.69, 9.17) is 9.47 Å². The van der Waals surface area contributed by atoms with Crippen LogP contribution in [0.4, 0.5) is 15.6 Å². The van der Waals surface area contributed by atoms with Crippen molar-refractivity contribution in [1.29, 1.82) is 0 Å². The zero-order valence-electron chi connectivity index (χ0n) is 16.0. The van der Waals surface area contributed by atoms with Gasteiger partial charge >= 0.3 is 6.03 Å². The van der Waals surface area contributed by atoms with Gasteiger partial charge in [-0.05, 0) is 24.3 Å². The number of carbonyl (C=O) groups excluding carboxylic acids is 2. The molecular weight excluding hydrogens is 392 g/mol. The first-order valence-corrected chi connectivity index (χ1v) is 9.84. The van der Waals surface area contributed by atoms with E-state index in [1.165, 1.54) is 11.3 Å². The largest absolute Gasteiger partial charge is 0.493 e. The van der Waals surface area contributed by atoms with E-state index in [2.05, 4.69) is 15.6 Å². The predicted octanol–water partition coefficient (Wildman–Crippen LogP) is 3.24. The summed E-state index contributed by atoms with van der Waals surface area (Å²) in [5.74, 6) is 1.07. The molecule has 3 aromatic rings. The molecule has 0 spiro atoms. The number of nitrogens with one attached hydrogen (secondary N) is 2. The van der Waals surface area contributed by atoms with Gasteiger partial charge in [-0.25, -0.2) is 9.78 Å². The van der Waals surface area contributed by atoms with Crippen LogP contribution >= 0.6 is 11.3 Å². The van der Waals surface area contributed by atoms with E-state index in [9.17, 15) is 9.59 Å². The van der Waals surface area contributed by atoms with Gasteiger partial charge in [-0.1, -0.05) is 23.5 Å². The van der Waals surface area contributed by atoms with Crippen LogP contribution in [0.2, 0.25) is 0 Å². The zero-order valence-corrected chi connectivity index (χ0v) is 16.8. The standard InChI is InChI=1S/C20H20N4O4S/c1-27-15-8-7-13(10-16(15)28-2)24-11-12(9-18(24)25)21-19(26)23-20-22-14-5-3-4-6-17(14)29-20/h3-8,10,12H,9,11H2,1-2H3,(H2,21,22,23,26)/t12-/m1/s1. The van der Waals surface area contributed by atoms with Crippen molar-refractivity contribution in [1.82, 2.24) is 10.3 Å². The highest BCUT2D eigenvalue weighted by Gasteiger charge is 2.32. The monoisotopic (exact) mass is 412 g/mol. The van der Waals surface area contributed by atoms with Crippen molar-refractivity contribution >= 4 is 44.3 Å². The third-order valence-electron chi connectivity index (χ3n) is 4.65. The quantitative estimate of drug-likeness (QED) is 0.671. The second-order valence-corrected chi connectivity index (χ2v) is 7.56. The average molecular weight is 412 g/mol. The Morgan fingerprint density at radius 3 is 2.72 bits per heavy atom. The summed E-state index contributed by atoms with van der Waals surface area (Å²) < 4.78 is 11.5. The normalized spacial score (nSPS) is 16.1. The van der Waals surface area contributed by atoms with Gasteiger partial charge in [0.2, 0.25) is 5.91 Å². The Bertz CT molecular complexity index is 1030. The summed E-state index contributed by atoms with van der Waals surface area (Å²) in [4.78, 5) is 30.8. The second kappa shape index (κ2) is 7.96. The van der Waals surface area contributed by atoms with Crippen LogP contribution in [0.3, 0.4) is 0 Å². The van der Waals surface area contributed by atoms with E-state index in [1.54, 1.807) is 37.3 Å². The molecule has 2 heterocycles. The number of methoxy groups -OCH3 is 2. The maximum atomic E-state index is 12.5. The lowest BCUT2D eigenvalue weighted by Crippen LogP contribution is -2.39. The molecule has 9 heteroatoms. The van der Waals surface area contributed by atoms with Crippen LogP contribution in [0, 0.1) is 0 Å². The van der Waals surface area contributed by atoms with Crippen molar-refractivity contribution in [3.8, 4) is 11.5 Å². The van der Waals surface area contributed by atoms with Gasteiger partial charge in [0.25, 0.3) is 0 Å². The van der Waals surface area contributed by atoms with Crippen molar-refractivity contribution in [2.75, 3.05) is 31.0 Å². The van der Waals surface area contributed by atoms with Crippen molar-refractivity contribution in [3.05, 3.63) is 42.5 Å². The summed E-state index contributed by atoms with van der Waals surface area (Å²) in [7, 11) is 3.10. The van der Waals surface area contributed by atoms with Gasteiger partial charge in [-0.3, -0.25) is 10.1 Å². The molecule has 4 rings (SSSR count). The number of nitrogens with zero attached hydrogens (tertiary/aromatic N) is 2. The van der Waals surface area contributed by atoms with Crippen LogP contribution in [0.15, 0.2) is 42.5 Å². The molecule has 0 unspecified atom stereocenters. The Morgan fingerprint density at radius 2 is 1.97 bits per heavy atom. The number of aromatic nitrogens is 1. The third-order valence-corrected chi connectivity index (χ3v) is 5.61. The van der Waals surface area contributed by atoms with Crippen LogP contribution in [-0.2, 0) is 4.79 Å². The fourth-order valence-electron chi connectivity index (χ4n) is 3.29. The molecule has 1 aromatic heterocycles. The molecule has 0 aliphatic carbocycles. The zero-order chi connectivity index (χ0) is 20.4. The molecule has 0 radical (unpaired) electrons. The van der Waals surface area contributed by atoms with Gasteiger partial charge in [-0.2, -0.15) is 0 Å². The van der Waals surface area contributed by atoms with E-state index < -0.39 is 0 Å². The van der Waals surface area contributed by atoms with Crippen LogP contribution < -0.4 is 25.0 Å². The van der Waals surface area contributed by atoms with E-state index in [0.29, 0.717) is 28.9 Å². The van der Waals surface area contributed by atoms with Gasteiger partial charge in [0.1, 0.15) is 0 Å². The Morgan fingerprint density at radius 1 is 1.17 bits per heavy atom. The van der Waals surface area contributed by atoms with Crippen molar-refractivity contribution in [2.45, 2.75) is 12.5 Å². The summed E-state index contributed by atoms with van der Waals surface area (Å²) >= 11 is 1.40. The number of ether oxygens (including phenoxy) is 2. The number of urea groups is 1. The maximum absolute atomic E-state index is 12.5. The highest BCUT2D eigenvalue weighted by Crippen LogP contribution is 2.33. The summed E-state index contributed by atoms with van der Waals surface area (Å²) in [6.07, 6.45) is 0.224. The van der Waals surface area contributed by atoms with Crippen molar-refractivity contribution in [3.63, 3.8) is 0 Å². The number of rotatable bonds is 5. The summed E-state index contributed by atoms with van der Waals surface area (Å²) in [6.45, 7) is 0.377. The molecule has 0 saturated carbocycles. The number of thiazole rings is 1. The summed E-state index contributed by atoms with van der Waals surface area (Å²) in [6, 6.07) is 12.3. The molecule has 2 aromatic carbocycles. The summed E-state index contributed by atoms with van der Waals surface area (Å²) in [5, 5.41) is 6.12. The lowest BCUT2D eigenvalue weighted by Gasteiger charge is -2.19. The van der Waals surface area contributed by atoms with E-state index in [-0.39, 0.29) is 24.4 Å². The number of hydrogen-bond donors (Lipinski definition) is 2. The van der Waals surface area contributed by atoms with E-state index >= 15 is 0 Å². The molecule has 1 aliphatic heterocycles. The van der Waals surface area contributed by atoms with E-state index in [0.717, 1.165) is 10.2 Å². The third kappa shape index (κ3) is 3.95. The van der Waals surface area contributed by atoms with Crippen LogP contribution in [-0.4, -0.2) is 43.7 Å². The number of benzene rings is 2. The fraction of sp³-hybridized carbons (Fsp3) is 0.250. The molecule has 1 fully saturated rings. The number of hydrogen-bond acceptors (Lipinski definition) is 6. The minimum atomic E-state index is -0.379. The number of carbonyl (C=O) groups is 2. The number of fused-ring (bicyclic) bond motifs is 1. The predicted molar refractivity (Wildman–Crippen MR) is 112 cm³/mol. The second-order valence-electron chi connectivity index (χ2n) is 6.53. The lowest BCUT2D eigenvalue weighted by molar-refractivity contribution is -0.117. The first-order valence-electron chi connectivity index (χ1n) is 9.03. The van der Waals surface area contributed by atoms with Crippen LogP contribution in [0.5, 0.6) is 11.5 Å². The van der Waals surface area contributed by atoms with Gasteiger partial charge in [0.15, 0.2) is 16.6 Å². The number of para-hydroxylation sites is 1. The highest BCUT2D eigenvalue weighted by molar-refractivity contribution is 7.22. The molecule has 8 nitrogen and oxygen atoms in total. The van der Waals surface area contributed by atoms with Gasteiger partial charge in [0, 0.05) is 24.7 Å². The molecule has 29 heavy (non-hydrogen) atoms. The SMILES string of the molecule is COc1ccc(N2C[C@H](NC(=O)Nc3nc4ccccc4s3)CC2=O)cc1OC. The topological polar surface area (TPSA) is 92.8 Å². The van der Waals surface area contributed by atoms with Crippen LogP contribution in [0.25, 0.3) is 10.2 Å². The molecule has 150 valence electrons. The Hall–Kier alpha value is -3.33. The first-order chi connectivity index (χ1) is 14.1. The minimum absolute atomic E-state index is 0.0671. The summed E-state index contributed by atoms with van der Waals surface area (Å²) in [5.41, 5.74) is 1.53. The number of anilines is 2. The molecule has 1 aliphatic rings. The van der Waals surface area contributed by atoms with Gasteiger partial charge in [0.05, 0.1) is 30.5 Å². The number of amides is 3. The Kier molecular flexibility index (Phi) is 5.22. The molecule has 3 amide bonds. The average Bonchev–Trinajstić information content (AvgIpc) is 3.29. The van der Waals surface area contributed by atoms with Crippen molar-refractivity contribution < 1.29 is 19.1 Å². The molecule has 1 atom stereocenters. The van der Waals surface area contributed by atoms with Gasteiger partial charge in [-0.15, -0.1) is 0 Å². The first kappa shape index (κ1) is 19.0. The van der Waals surface area contributed by atoms with Gasteiger partial charge < -0.3 is 19.7 Å². The smallest absolute Gasteiger partial charge is 0.321 e.